The predicted molar refractivity (Wildman–Crippen MR) is 103 cm³/mol. The first-order valence-corrected chi connectivity index (χ1v) is 10.2. The molecule has 2 aromatic rings. The summed E-state index contributed by atoms with van der Waals surface area (Å²) in [6.45, 7) is 3.87. The van der Waals surface area contributed by atoms with Crippen molar-refractivity contribution >= 4 is 27.3 Å². The molecule has 1 heterocycles. The van der Waals surface area contributed by atoms with E-state index < -0.39 is 10.1 Å². The number of nitrogens with zero attached hydrogens (tertiary/aromatic N) is 1. The Bertz CT molecular complexity index is 837. The lowest BCUT2D eigenvalue weighted by Gasteiger charge is -2.29. The minimum atomic E-state index is -3.83. The third-order valence-corrected chi connectivity index (χ3v) is 6.02. The van der Waals surface area contributed by atoms with E-state index in [1.54, 1.807) is 36.4 Å². The summed E-state index contributed by atoms with van der Waals surface area (Å²) in [5, 5.41) is 0. The first-order chi connectivity index (χ1) is 12.0. The van der Waals surface area contributed by atoms with Crippen LogP contribution in [0.3, 0.4) is 0 Å². The molecule has 0 N–H and O–H groups in total. The van der Waals surface area contributed by atoms with E-state index in [-0.39, 0.29) is 10.6 Å². The van der Waals surface area contributed by atoms with Crippen LogP contribution in [-0.2, 0) is 10.1 Å². The molecule has 0 aromatic heterocycles. The SMILES string of the molecule is Cc1ccc(S(=O)(=O)Oc2ccc(C(=S)N3CCCCC3)cc2)cc1. The monoisotopic (exact) mass is 375 g/mol. The van der Waals surface area contributed by atoms with Gasteiger partial charge >= 0.3 is 10.1 Å². The number of thiocarbonyl (C=S) groups is 1. The Balaban J connectivity index is 1.71. The van der Waals surface area contributed by atoms with Crippen LogP contribution < -0.4 is 4.18 Å². The lowest BCUT2D eigenvalue weighted by molar-refractivity contribution is 0.347. The Morgan fingerprint density at radius 3 is 2.16 bits per heavy atom. The van der Waals surface area contributed by atoms with Gasteiger partial charge in [0, 0.05) is 18.7 Å². The van der Waals surface area contributed by atoms with Gasteiger partial charge in [-0.15, -0.1) is 0 Å². The Labute approximate surface area is 154 Å². The van der Waals surface area contributed by atoms with Crippen molar-refractivity contribution in [1.29, 1.82) is 0 Å². The number of hydrogen-bond donors (Lipinski definition) is 0. The first kappa shape index (κ1) is 17.9. The second-order valence-corrected chi connectivity index (χ2v) is 8.16. The normalized spacial score (nSPS) is 15.0. The van der Waals surface area contributed by atoms with Crippen molar-refractivity contribution in [2.75, 3.05) is 13.1 Å². The fraction of sp³-hybridized carbons (Fsp3) is 0.316. The number of piperidine rings is 1. The van der Waals surface area contributed by atoms with E-state index in [0.29, 0.717) is 0 Å². The molecule has 0 atom stereocenters. The summed E-state index contributed by atoms with van der Waals surface area (Å²) in [6.07, 6.45) is 3.58. The highest BCUT2D eigenvalue weighted by atomic mass is 32.2. The van der Waals surface area contributed by atoms with Gasteiger partial charge in [-0.1, -0.05) is 29.9 Å². The number of aryl methyl sites for hydroxylation is 1. The molecule has 25 heavy (non-hydrogen) atoms. The van der Waals surface area contributed by atoms with Crippen molar-refractivity contribution < 1.29 is 12.6 Å². The minimum absolute atomic E-state index is 0.144. The molecule has 0 spiro atoms. The maximum Gasteiger partial charge on any atom is 0.339 e. The molecule has 1 aliphatic rings. The molecule has 1 aliphatic heterocycles. The number of likely N-dealkylation sites (tertiary alicyclic amines) is 1. The second kappa shape index (κ2) is 7.54. The average Bonchev–Trinajstić information content (AvgIpc) is 2.62. The van der Waals surface area contributed by atoms with Gasteiger partial charge < -0.3 is 9.08 Å². The topological polar surface area (TPSA) is 46.6 Å². The van der Waals surface area contributed by atoms with Gasteiger partial charge in [-0.05, 0) is 62.6 Å². The zero-order chi connectivity index (χ0) is 17.9. The molecule has 3 rings (SSSR count). The molecule has 0 aliphatic carbocycles. The molecule has 1 fully saturated rings. The molecule has 132 valence electrons. The molecule has 1 saturated heterocycles. The van der Waals surface area contributed by atoms with E-state index in [2.05, 4.69) is 4.90 Å². The second-order valence-electron chi connectivity index (χ2n) is 6.23. The smallest absolute Gasteiger partial charge is 0.339 e. The summed E-state index contributed by atoms with van der Waals surface area (Å²) in [7, 11) is -3.83. The van der Waals surface area contributed by atoms with Crippen LogP contribution in [0.25, 0.3) is 0 Å². The first-order valence-electron chi connectivity index (χ1n) is 8.36. The van der Waals surface area contributed by atoms with Crippen LogP contribution in [0, 0.1) is 6.92 Å². The Morgan fingerprint density at radius 1 is 0.960 bits per heavy atom. The number of hydrogen-bond acceptors (Lipinski definition) is 4. The van der Waals surface area contributed by atoms with Gasteiger partial charge in [0.05, 0.1) is 0 Å². The van der Waals surface area contributed by atoms with Crippen LogP contribution in [0.4, 0.5) is 0 Å². The van der Waals surface area contributed by atoms with E-state index in [1.807, 2.05) is 19.1 Å². The standard InChI is InChI=1S/C19H21NO3S2/c1-15-5-11-18(12-6-15)25(21,22)23-17-9-7-16(8-10-17)19(24)20-13-3-2-4-14-20/h5-12H,2-4,13-14H2,1H3. The van der Waals surface area contributed by atoms with Gasteiger partial charge in [0.1, 0.15) is 15.6 Å². The fourth-order valence-electron chi connectivity index (χ4n) is 2.81. The van der Waals surface area contributed by atoms with Gasteiger partial charge in [-0.2, -0.15) is 8.42 Å². The number of rotatable bonds is 4. The molecular weight excluding hydrogens is 354 g/mol. The van der Waals surface area contributed by atoms with Crippen LogP contribution in [0.15, 0.2) is 53.4 Å². The molecule has 0 saturated carbocycles. The summed E-state index contributed by atoms with van der Waals surface area (Å²) in [5.74, 6) is 0.283. The largest absolute Gasteiger partial charge is 0.379 e. The molecule has 2 aromatic carbocycles. The highest BCUT2D eigenvalue weighted by molar-refractivity contribution is 7.87. The fourth-order valence-corrected chi connectivity index (χ4v) is 4.06. The molecule has 0 radical (unpaired) electrons. The maximum absolute atomic E-state index is 12.3. The Hall–Kier alpha value is -1.92. The quantitative estimate of drug-likeness (QED) is 0.599. The van der Waals surface area contributed by atoms with Crippen LogP contribution in [0.1, 0.15) is 30.4 Å². The summed E-state index contributed by atoms with van der Waals surface area (Å²) in [5.41, 5.74) is 1.91. The van der Waals surface area contributed by atoms with Gasteiger partial charge in [-0.3, -0.25) is 0 Å². The third-order valence-electron chi connectivity index (χ3n) is 4.26. The van der Waals surface area contributed by atoms with E-state index in [4.69, 9.17) is 16.4 Å². The minimum Gasteiger partial charge on any atom is -0.379 e. The van der Waals surface area contributed by atoms with Crippen molar-refractivity contribution in [3.05, 3.63) is 59.7 Å². The van der Waals surface area contributed by atoms with E-state index in [9.17, 15) is 8.42 Å². The maximum atomic E-state index is 12.3. The highest BCUT2D eigenvalue weighted by Crippen LogP contribution is 2.21. The van der Waals surface area contributed by atoms with Crippen molar-refractivity contribution in [1.82, 2.24) is 4.90 Å². The van der Waals surface area contributed by atoms with Gasteiger partial charge in [0.15, 0.2) is 0 Å². The van der Waals surface area contributed by atoms with Crippen molar-refractivity contribution in [2.45, 2.75) is 31.1 Å². The van der Waals surface area contributed by atoms with Crippen LogP contribution >= 0.6 is 12.2 Å². The highest BCUT2D eigenvalue weighted by Gasteiger charge is 2.18. The van der Waals surface area contributed by atoms with E-state index in [0.717, 1.165) is 42.0 Å². The van der Waals surface area contributed by atoms with Crippen LogP contribution in [-0.4, -0.2) is 31.4 Å². The number of benzene rings is 2. The van der Waals surface area contributed by atoms with Crippen molar-refractivity contribution in [2.24, 2.45) is 0 Å². The predicted octanol–water partition coefficient (Wildman–Crippen LogP) is 3.92. The molecule has 0 amide bonds. The van der Waals surface area contributed by atoms with Gasteiger partial charge in [0.2, 0.25) is 0 Å². The zero-order valence-corrected chi connectivity index (χ0v) is 15.8. The summed E-state index contributed by atoms with van der Waals surface area (Å²) in [6, 6.07) is 13.5. The van der Waals surface area contributed by atoms with Crippen LogP contribution in [0.2, 0.25) is 0 Å². The molecule has 0 bridgehead atoms. The summed E-state index contributed by atoms with van der Waals surface area (Å²) >= 11 is 5.55. The molecule has 0 unspecified atom stereocenters. The lowest BCUT2D eigenvalue weighted by Crippen LogP contribution is -2.34. The third kappa shape index (κ3) is 4.38. The van der Waals surface area contributed by atoms with Crippen LogP contribution in [0.5, 0.6) is 5.75 Å². The van der Waals surface area contributed by atoms with E-state index in [1.165, 1.54) is 6.42 Å². The molecular formula is C19H21NO3S2. The molecule has 6 heteroatoms. The van der Waals surface area contributed by atoms with Gasteiger partial charge in [0.25, 0.3) is 0 Å². The Kier molecular flexibility index (Phi) is 5.39. The van der Waals surface area contributed by atoms with Crippen molar-refractivity contribution in [3.8, 4) is 5.75 Å². The summed E-state index contributed by atoms with van der Waals surface area (Å²) in [4.78, 5) is 3.16. The average molecular weight is 376 g/mol. The van der Waals surface area contributed by atoms with Crippen molar-refractivity contribution in [3.63, 3.8) is 0 Å². The van der Waals surface area contributed by atoms with E-state index >= 15 is 0 Å². The Morgan fingerprint density at radius 2 is 1.56 bits per heavy atom. The summed E-state index contributed by atoms with van der Waals surface area (Å²) < 4.78 is 29.9. The lowest BCUT2D eigenvalue weighted by atomic mass is 10.1. The zero-order valence-electron chi connectivity index (χ0n) is 14.1. The molecule has 4 nitrogen and oxygen atoms in total. The van der Waals surface area contributed by atoms with Gasteiger partial charge in [-0.25, -0.2) is 0 Å².